The molecule has 0 radical (unpaired) electrons. The first-order chi connectivity index (χ1) is 10.6. The van der Waals surface area contributed by atoms with E-state index in [0.717, 1.165) is 30.2 Å². The number of thiocarbonyl (C=S) groups is 1. The highest BCUT2D eigenvalue weighted by molar-refractivity contribution is 9.10. The summed E-state index contributed by atoms with van der Waals surface area (Å²) >= 11 is 10.1. The van der Waals surface area contributed by atoms with Gasteiger partial charge in [-0.2, -0.15) is 0 Å². The first kappa shape index (κ1) is 16.0. The summed E-state index contributed by atoms with van der Waals surface area (Å²) in [6.45, 7) is 0. The lowest BCUT2D eigenvalue weighted by Crippen LogP contribution is -2.39. The Morgan fingerprint density at radius 2 is 2.05 bits per heavy atom. The van der Waals surface area contributed by atoms with Crippen LogP contribution in [-0.2, 0) is 4.79 Å². The topological polar surface area (TPSA) is 40.5 Å². The summed E-state index contributed by atoms with van der Waals surface area (Å²) < 4.78 is 1.50. The summed E-state index contributed by atoms with van der Waals surface area (Å²) in [4.78, 5) is 15.0. The van der Waals surface area contributed by atoms with Crippen molar-refractivity contribution < 1.29 is 9.90 Å². The number of carbonyl (C=O) groups is 1. The van der Waals surface area contributed by atoms with Crippen molar-refractivity contribution in [2.24, 2.45) is 0 Å². The monoisotopic (exact) mass is 397 g/mol. The molecule has 1 heterocycles. The molecule has 1 saturated carbocycles. The minimum absolute atomic E-state index is 0.0266. The Morgan fingerprint density at radius 1 is 1.32 bits per heavy atom. The van der Waals surface area contributed by atoms with Gasteiger partial charge in [0.05, 0.1) is 4.91 Å². The molecule has 116 valence electrons. The van der Waals surface area contributed by atoms with Gasteiger partial charge in [-0.15, -0.1) is 0 Å². The normalized spacial score (nSPS) is 21.9. The number of thioether (sulfide) groups is 1. The minimum Gasteiger partial charge on any atom is -0.507 e. The smallest absolute Gasteiger partial charge is 0.266 e. The molecule has 1 aromatic rings. The molecule has 0 unspecified atom stereocenters. The zero-order chi connectivity index (χ0) is 15.7. The third kappa shape index (κ3) is 3.24. The van der Waals surface area contributed by atoms with E-state index >= 15 is 0 Å². The zero-order valence-corrected chi connectivity index (χ0v) is 15.1. The van der Waals surface area contributed by atoms with E-state index in [1.165, 1.54) is 18.2 Å². The van der Waals surface area contributed by atoms with E-state index in [9.17, 15) is 9.90 Å². The molecule has 1 aliphatic carbocycles. The maximum Gasteiger partial charge on any atom is 0.266 e. The first-order valence-corrected chi connectivity index (χ1v) is 9.33. The van der Waals surface area contributed by atoms with Crippen LogP contribution in [0.1, 0.15) is 37.7 Å². The number of aromatic hydroxyl groups is 1. The molecular formula is C16H16BrNO2S2. The summed E-state index contributed by atoms with van der Waals surface area (Å²) in [6.07, 6.45) is 7.35. The summed E-state index contributed by atoms with van der Waals surface area (Å²) in [7, 11) is 0. The average molecular weight is 398 g/mol. The van der Waals surface area contributed by atoms with Gasteiger partial charge in [-0.25, -0.2) is 0 Å². The number of phenols is 1. The van der Waals surface area contributed by atoms with Gasteiger partial charge >= 0.3 is 0 Å². The number of phenolic OH excluding ortho intramolecular Hbond substituents is 1. The third-order valence-electron chi connectivity index (χ3n) is 4.04. The lowest BCUT2D eigenvalue weighted by Gasteiger charge is -2.29. The highest BCUT2D eigenvalue weighted by Crippen LogP contribution is 2.38. The van der Waals surface area contributed by atoms with Gasteiger partial charge in [-0.1, -0.05) is 59.2 Å². The van der Waals surface area contributed by atoms with E-state index in [1.54, 1.807) is 29.2 Å². The fraction of sp³-hybridized carbons (Fsp3) is 0.375. The van der Waals surface area contributed by atoms with Crippen LogP contribution in [0.3, 0.4) is 0 Å². The summed E-state index contributed by atoms with van der Waals surface area (Å²) in [5, 5.41) is 9.93. The number of carbonyl (C=O) groups excluding carboxylic acids is 1. The van der Waals surface area contributed by atoms with Crippen molar-refractivity contribution in [1.82, 2.24) is 4.90 Å². The molecule has 6 heteroatoms. The maximum absolute atomic E-state index is 12.7. The fourth-order valence-corrected chi connectivity index (χ4v) is 4.69. The predicted octanol–water partition coefficient (Wildman–Crippen LogP) is 4.69. The van der Waals surface area contributed by atoms with Crippen molar-refractivity contribution in [3.8, 4) is 5.75 Å². The van der Waals surface area contributed by atoms with E-state index in [2.05, 4.69) is 15.9 Å². The van der Waals surface area contributed by atoms with E-state index in [-0.39, 0.29) is 17.7 Å². The fourth-order valence-electron chi connectivity index (χ4n) is 2.92. The second-order valence-corrected chi connectivity index (χ2v) is 8.14. The van der Waals surface area contributed by atoms with Crippen LogP contribution in [0.15, 0.2) is 27.6 Å². The van der Waals surface area contributed by atoms with E-state index in [4.69, 9.17) is 12.2 Å². The molecule has 1 amide bonds. The summed E-state index contributed by atoms with van der Waals surface area (Å²) in [5.74, 6) is 0.132. The molecular weight excluding hydrogens is 382 g/mol. The van der Waals surface area contributed by atoms with Crippen molar-refractivity contribution >= 4 is 56.2 Å². The zero-order valence-electron chi connectivity index (χ0n) is 11.9. The van der Waals surface area contributed by atoms with E-state index in [1.807, 2.05) is 0 Å². The van der Waals surface area contributed by atoms with Gasteiger partial charge in [0.15, 0.2) is 0 Å². The highest BCUT2D eigenvalue weighted by atomic mass is 79.9. The Bertz CT molecular complexity index is 654. The van der Waals surface area contributed by atoms with Crippen molar-refractivity contribution in [3.63, 3.8) is 0 Å². The third-order valence-corrected chi connectivity index (χ3v) is 5.86. The number of halogens is 1. The van der Waals surface area contributed by atoms with Crippen LogP contribution in [-0.4, -0.2) is 26.3 Å². The Hall–Kier alpha value is -0.850. The van der Waals surface area contributed by atoms with Gasteiger partial charge in [-0.05, 0) is 37.1 Å². The molecule has 22 heavy (non-hydrogen) atoms. The lowest BCUT2D eigenvalue weighted by molar-refractivity contribution is -0.124. The van der Waals surface area contributed by atoms with E-state index < -0.39 is 0 Å². The van der Waals surface area contributed by atoms with Crippen LogP contribution in [0.2, 0.25) is 0 Å². The standard InChI is InChI=1S/C16H16BrNO2S2/c17-11-6-7-13(19)10(8-11)9-14-15(20)18(16(21)22-14)12-4-2-1-3-5-12/h6-9,12,19H,1-5H2. The Kier molecular flexibility index (Phi) is 4.90. The molecule has 1 aromatic carbocycles. The molecule has 1 saturated heterocycles. The Morgan fingerprint density at radius 3 is 2.77 bits per heavy atom. The van der Waals surface area contributed by atoms with Crippen molar-refractivity contribution in [2.75, 3.05) is 0 Å². The molecule has 0 atom stereocenters. The molecule has 3 rings (SSSR count). The predicted molar refractivity (Wildman–Crippen MR) is 97.7 cm³/mol. The molecule has 1 aliphatic heterocycles. The first-order valence-electron chi connectivity index (χ1n) is 7.32. The van der Waals surface area contributed by atoms with Crippen molar-refractivity contribution in [2.45, 2.75) is 38.1 Å². The molecule has 0 bridgehead atoms. The quantitative estimate of drug-likeness (QED) is 0.580. The number of rotatable bonds is 2. The van der Waals surface area contributed by atoms with Gasteiger partial charge in [0, 0.05) is 16.1 Å². The van der Waals surface area contributed by atoms with E-state index in [0.29, 0.717) is 14.8 Å². The maximum atomic E-state index is 12.7. The average Bonchev–Trinajstić information content (AvgIpc) is 2.78. The van der Waals surface area contributed by atoms with Crippen LogP contribution >= 0.6 is 39.9 Å². The summed E-state index contributed by atoms with van der Waals surface area (Å²) in [5.41, 5.74) is 0.624. The molecule has 0 aromatic heterocycles. The van der Waals surface area contributed by atoms with Gasteiger partial charge in [-0.3, -0.25) is 9.69 Å². The van der Waals surface area contributed by atoms with Crippen LogP contribution in [0.5, 0.6) is 5.75 Å². The lowest BCUT2D eigenvalue weighted by atomic mass is 9.94. The van der Waals surface area contributed by atoms with Crippen molar-refractivity contribution in [1.29, 1.82) is 0 Å². The number of hydrogen-bond donors (Lipinski definition) is 1. The minimum atomic E-state index is -0.0266. The molecule has 2 fully saturated rings. The second-order valence-electron chi connectivity index (χ2n) is 5.55. The largest absolute Gasteiger partial charge is 0.507 e. The Labute approximate surface area is 147 Å². The van der Waals surface area contributed by atoms with Crippen LogP contribution in [0, 0.1) is 0 Å². The summed E-state index contributed by atoms with van der Waals surface area (Å²) in [6, 6.07) is 5.41. The van der Waals surface area contributed by atoms with Crippen LogP contribution < -0.4 is 0 Å². The molecule has 1 N–H and O–H groups in total. The Balaban J connectivity index is 1.86. The number of benzene rings is 1. The number of hydrogen-bond acceptors (Lipinski definition) is 4. The number of nitrogens with zero attached hydrogens (tertiary/aromatic N) is 1. The van der Waals surface area contributed by atoms with Gasteiger partial charge in [0.25, 0.3) is 5.91 Å². The van der Waals surface area contributed by atoms with Crippen LogP contribution in [0.4, 0.5) is 0 Å². The SMILES string of the molecule is O=C1C(=Cc2cc(Br)ccc2O)SC(=S)N1C1CCCCC1. The van der Waals surface area contributed by atoms with Crippen molar-refractivity contribution in [3.05, 3.63) is 33.1 Å². The van der Waals surface area contributed by atoms with Gasteiger partial charge in [0.1, 0.15) is 10.1 Å². The van der Waals surface area contributed by atoms with Gasteiger partial charge < -0.3 is 5.11 Å². The van der Waals surface area contributed by atoms with Crippen LogP contribution in [0.25, 0.3) is 6.08 Å². The second kappa shape index (κ2) is 6.72. The molecule has 2 aliphatic rings. The highest BCUT2D eigenvalue weighted by Gasteiger charge is 2.37. The van der Waals surface area contributed by atoms with Gasteiger partial charge in [0.2, 0.25) is 0 Å². The number of amides is 1. The molecule has 3 nitrogen and oxygen atoms in total. The molecule has 0 spiro atoms.